The Labute approximate surface area is 76.1 Å². The first-order valence-electron chi connectivity index (χ1n) is 3.89. The van der Waals surface area contributed by atoms with Crippen molar-refractivity contribution >= 4 is 11.6 Å². The molecule has 0 aliphatic rings. The summed E-state index contributed by atoms with van der Waals surface area (Å²) in [5, 5.41) is 2.14. The first-order valence-corrected chi connectivity index (χ1v) is 3.89. The van der Waals surface area contributed by atoms with Crippen molar-refractivity contribution in [3.05, 3.63) is 29.8 Å². The Morgan fingerprint density at radius 1 is 1.46 bits per heavy atom. The zero-order valence-corrected chi connectivity index (χ0v) is 7.10. The summed E-state index contributed by atoms with van der Waals surface area (Å²) < 4.78 is 25.8. The van der Waals surface area contributed by atoms with Crippen LogP contribution in [-0.4, -0.2) is 5.91 Å². The number of carbonyl (C=O) groups excluding carboxylic acids is 1. The summed E-state index contributed by atoms with van der Waals surface area (Å²) in [4.78, 5) is 10.8. The lowest BCUT2D eigenvalue weighted by molar-refractivity contribution is -0.115. The van der Waals surface area contributed by atoms with Crippen LogP contribution in [0.1, 0.15) is 14.8 Å². The number of hydrogen-bond acceptors (Lipinski definition) is 1. The fourth-order valence-electron chi connectivity index (χ4n) is 0.845. The van der Waals surface area contributed by atoms with Crippen LogP contribution in [0, 0.1) is 11.6 Å². The van der Waals surface area contributed by atoms with Gasteiger partial charge in [0.15, 0.2) is 0 Å². The Morgan fingerprint density at radius 2 is 2.00 bits per heavy atom. The third kappa shape index (κ3) is 2.24. The maximum Gasteiger partial charge on any atom is 0.224 e. The number of para-hydroxylation sites is 1. The van der Waals surface area contributed by atoms with Crippen molar-refractivity contribution in [2.75, 3.05) is 5.32 Å². The summed E-state index contributed by atoms with van der Waals surface area (Å²) in [5.74, 6) is -1.94. The zero-order chi connectivity index (χ0) is 9.84. The van der Waals surface area contributed by atoms with E-state index >= 15 is 0 Å². The van der Waals surface area contributed by atoms with Crippen LogP contribution in [0.3, 0.4) is 0 Å². The van der Waals surface area contributed by atoms with Gasteiger partial charge in [-0.25, -0.2) is 8.78 Å². The minimum Gasteiger partial charge on any atom is -0.321 e. The van der Waals surface area contributed by atoms with E-state index in [9.17, 15) is 13.6 Å². The van der Waals surface area contributed by atoms with E-state index in [1.54, 1.807) is 6.92 Å². The Balaban J connectivity index is 0.00000169. The van der Waals surface area contributed by atoms with Gasteiger partial charge in [0.05, 0.1) is 0 Å². The van der Waals surface area contributed by atoms with Gasteiger partial charge in [0.25, 0.3) is 0 Å². The van der Waals surface area contributed by atoms with Gasteiger partial charge >= 0.3 is 0 Å². The van der Waals surface area contributed by atoms with Gasteiger partial charge in [-0.3, -0.25) is 4.79 Å². The first kappa shape index (κ1) is 9.64. The summed E-state index contributed by atoms with van der Waals surface area (Å²) in [5.41, 5.74) is -0.380. The lowest BCUT2D eigenvalue weighted by Crippen LogP contribution is -2.12. The van der Waals surface area contributed by atoms with Crippen molar-refractivity contribution in [1.29, 1.82) is 0 Å². The molecular formula is C9H11F2NO. The highest BCUT2D eigenvalue weighted by Crippen LogP contribution is 2.17. The van der Waals surface area contributed by atoms with E-state index in [2.05, 4.69) is 5.32 Å². The molecule has 0 aliphatic heterocycles. The van der Waals surface area contributed by atoms with E-state index in [-0.39, 0.29) is 13.5 Å². The number of benzene rings is 1. The predicted octanol–water partition coefficient (Wildman–Crippen LogP) is 2.56. The lowest BCUT2D eigenvalue weighted by atomic mass is 10.3. The molecule has 4 heteroatoms. The minimum absolute atomic E-state index is 0. The third-order valence-corrected chi connectivity index (χ3v) is 1.55. The highest BCUT2D eigenvalue weighted by atomic mass is 19.1. The molecule has 72 valence electrons. The maximum atomic E-state index is 12.9. The molecule has 1 rings (SSSR count). The van der Waals surface area contributed by atoms with Gasteiger partial charge in [-0.15, -0.1) is 0 Å². The van der Waals surface area contributed by atoms with Gasteiger partial charge in [-0.2, -0.15) is 0 Å². The van der Waals surface area contributed by atoms with Gasteiger partial charge in [-0.05, 0) is 12.1 Å². The van der Waals surface area contributed by atoms with Crippen molar-refractivity contribution in [3.8, 4) is 0 Å². The quantitative estimate of drug-likeness (QED) is 0.757. The van der Waals surface area contributed by atoms with E-state index in [0.29, 0.717) is 0 Å². The average Bonchev–Trinajstić information content (AvgIpc) is 2.11. The molecule has 0 spiro atoms. The molecule has 0 radical (unpaired) electrons. The number of hydrogen-bond donors (Lipinski definition) is 1. The normalized spacial score (nSPS) is 9.77. The fraction of sp³-hybridized carbons (Fsp3) is 0.222. The van der Waals surface area contributed by atoms with Crippen molar-refractivity contribution in [3.63, 3.8) is 0 Å². The number of halogens is 2. The van der Waals surface area contributed by atoms with E-state index in [1.165, 1.54) is 6.07 Å². The summed E-state index contributed by atoms with van der Waals surface area (Å²) in [6.07, 6.45) is 0.188. The van der Waals surface area contributed by atoms with Crippen molar-refractivity contribution in [2.24, 2.45) is 0 Å². The van der Waals surface area contributed by atoms with Gasteiger partial charge in [0.2, 0.25) is 5.91 Å². The number of nitrogens with one attached hydrogen (secondary N) is 1. The van der Waals surface area contributed by atoms with Gasteiger partial charge in [0, 0.05) is 7.85 Å². The number of anilines is 1. The third-order valence-electron chi connectivity index (χ3n) is 1.55. The predicted molar refractivity (Wildman–Crippen MR) is 47.4 cm³/mol. The zero-order valence-electron chi connectivity index (χ0n) is 7.10. The van der Waals surface area contributed by atoms with Crippen LogP contribution in [0.4, 0.5) is 14.5 Å². The smallest absolute Gasteiger partial charge is 0.224 e. The van der Waals surface area contributed by atoms with Gasteiger partial charge < -0.3 is 5.32 Å². The number of carbonyl (C=O) groups is 1. The van der Waals surface area contributed by atoms with Crippen LogP contribution in [0.15, 0.2) is 18.2 Å². The number of rotatable bonds is 2. The Bertz CT molecular complexity index is 310. The molecule has 0 heterocycles. The van der Waals surface area contributed by atoms with Crippen LogP contribution in [0.25, 0.3) is 0 Å². The van der Waals surface area contributed by atoms with E-state index in [1.807, 2.05) is 0 Å². The van der Waals surface area contributed by atoms with Crippen molar-refractivity contribution in [1.82, 2.24) is 0 Å². The van der Waals surface area contributed by atoms with Crippen molar-refractivity contribution < 1.29 is 15.0 Å². The molecule has 1 aromatic rings. The molecule has 0 saturated heterocycles. The Morgan fingerprint density at radius 3 is 2.46 bits per heavy atom. The molecule has 1 N–H and O–H groups in total. The summed E-state index contributed by atoms with van der Waals surface area (Å²) in [7, 11) is 0. The highest BCUT2D eigenvalue weighted by molar-refractivity contribution is 5.90. The number of amides is 1. The van der Waals surface area contributed by atoms with Crippen LogP contribution in [0.2, 0.25) is 0 Å². The van der Waals surface area contributed by atoms with E-state index in [4.69, 9.17) is 0 Å². The largest absolute Gasteiger partial charge is 0.321 e. The Hall–Kier alpha value is -1.45. The summed E-state index contributed by atoms with van der Waals surface area (Å²) in [6.45, 7) is 1.61. The molecular weight excluding hydrogens is 176 g/mol. The second kappa shape index (κ2) is 3.98. The first-order chi connectivity index (χ1) is 6.15. The highest BCUT2D eigenvalue weighted by Gasteiger charge is 2.09. The van der Waals surface area contributed by atoms with Crippen LogP contribution < -0.4 is 5.32 Å². The van der Waals surface area contributed by atoms with Gasteiger partial charge in [0.1, 0.15) is 17.3 Å². The van der Waals surface area contributed by atoms with Crippen molar-refractivity contribution in [2.45, 2.75) is 13.3 Å². The van der Waals surface area contributed by atoms with Crippen LogP contribution in [-0.2, 0) is 4.79 Å². The lowest BCUT2D eigenvalue weighted by Gasteiger charge is -2.05. The topological polar surface area (TPSA) is 29.1 Å². The standard InChI is InChI=1S/C9H9F2NO.H2/c1-2-8(13)12-9-6(10)4-3-5-7(9)11;/h3-5H,2H2,1H3,(H,12,13);1H. The molecule has 0 atom stereocenters. The SMILES string of the molecule is CCC(=O)Nc1c(F)cccc1F.[HH]. The molecule has 0 bridgehead atoms. The molecule has 0 aliphatic carbocycles. The second-order valence-electron chi connectivity index (χ2n) is 2.50. The summed E-state index contributed by atoms with van der Waals surface area (Å²) in [6, 6.07) is 3.43. The van der Waals surface area contributed by atoms with E-state index < -0.39 is 17.5 Å². The maximum absolute atomic E-state index is 12.9. The van der Waals surface area contributed by atoms with Crippen LogP contribution in [0.5, 0.6) is 0 Å². The molecule has 0 aromatic heterocycles. The molecule has 0 saturated carbocycles. The fourth-order valence-corrected chi connectivity index (χ4v) is 0.845. The molecule has 2 nitrogen and oxygen atoms in total. The average molecular weight is 187 g/mol. The Kier molecular flexibility index (Phi) is 2.95. The van der Waals surface area contributed by atoms with E-state index in [0.717, 1.165) is 12.1 Å². The molecule has 1 amide bonds. The second-order valence-corrected chi connectivity index (χ2v) is 2.50. The monoisotopic (exact) mass is 187 g/mol. The molecule has 1 aromatic carbocycles. The van der Waals surface area contributed by atoms with Gasteiger partial charge in [-0.1, -0.05) is 13.0 Å². The minimum atomic E-state index is -0.762. The molecule has 0 fully saturated rings. The summed E-state index contributed by atoms with van der Waals surface area (Å²) >= 11 is 0. The van der Waals surface area contributed by atoms with Crippen LogP contribution >= 0.6 is 0 Å². The molecule has 0 unspecified atom stereocenters. The molecule has 13 heavy (non-hydrogen) atoms.